The molecule has 0 radical (unpaired) electrons. The lowest BCUT2D eigenvalue weighted by atomic mass is 10.1. The summed E-state index contributed by atoms with van der Waals surface area (Å²) in [5.74, 6) is 0.800. The van der Waals surface area contributed by atoms with Crippen LogP contribution in [0, 0.1) is 25.2 Å². The molecule has 1 fully saturated rings. The van der Waals surface area contributed by atoms with Crippen molar-refractivity contribution in [3.63, 3.8) is 0 Å². The van der Waals surface area contributed by atoms with Gasteiger partial charge in [0.25, 0.3) is 0 Å². The summed E-state index contributed by atoms with van der Waals surface area (Å²) >= 11 is 0. The van der Waals surface area contributed by atoms with Crippen LogP contribution in [-0.4, -0.2) is 40.6 Å². The SMILES string of the molecule is Cc1nnc(NCCCN2CCCCCC2=O)c(C#N)c1C. The first kappa shape index (κ1) is 16.2. The normalized spacial score (nSPS) is 15.3. The van der Waals surface area contributed by atoms with E-state index in [1.165, 1.54) is 0 Å². The van der Waals surface area contributed by atoms with Gasteiger partial charge in [-0.1, -0.05) is 6.42 Å². The van der Waals surface area contributed by atoms with Crippen LogP contribution in [0.25, 0.3) is 0 Å². The smallest absolute Gasteiger partial charge is 0.222 e. The zero-order valence-electron chi connectivity index (χ0n) is 13.4. The fraction of sp³-hybridized carbons (Fsp3) is 0.625. The Balaban J connectivity index is 1.85. The van der Waals surface area contributed by atoms with Crippen molar-refractivity contribution in [2.24, 2.45) is 0 Å². The fourth-order valence-electron chi connectivity index (χ4n) is 2.62. The molecule has 1 aromatic rings. The van der Waals surface area contributed by atoms with E-state index < -0.39 is 0 Å². The van der Waals surface area contributed by atoms with Gasteiger partial charge < -0.3 is 10.2 Å². The number of carbonyl (C=O) groups excluding carboxylic acids is 1. The van der Waals surface area contributed by atoms with Crippen LogP contribution in [0.2, 0.25) is 0 Å². The molecule has 0 bridgehead atoms. The number of nitrogens with one attached hydrogen (secondary N) is 1. The van der Waals surface area contributed by atoms with Crippen LogP contribution in [0.4, 0.5) is 5.82 Å². The van der Waals surface area contributed by atoms with Crippen LogP contribution in [0.5, 0.6) is 0 Å². The van der Waals surface area contributed by atoms with Crippen LogP contribution in [0.15, 0.2) is 0 Å². The van der Waals surface area contributed by atoms with Gasteiger partial charge in [-0.25, -0.2) is 0 Å². The highest BCUT2D eigenvalue weighted by atomic mass is 16.2. The molecule has 118 valence electrons. The molecule has 0 atom stereocenters. The predicted octanol–water partition coefficient (Wildman–Crippen LogP) is 2.17. The number of nitrogens with zero attached hydrogens (tertiary/aromatic N) is 4. The molecule has 0 saturated carbocycles. The Bertz CT molecular complexity index is 579. The van der Waals surface area contributed by atoms with Crippen LogP contribution < -0.4 is 5.32 Å². The number of hydrogen-bond acceptors (Lipinski definition) is 5. The lowest BCUT2D eigenvalue weighted by Crippen LogP contribution is -2.32. The molecule has 1 aromatic heterocycles. The van der Waals surface area contributed by atoms with Gasteiger partial charge in [-0.15, -0.1) is 5.10 Å². The number of amides is 1. The highest BCUT2D eigenvalue weighted by molar-refractivity contribution is 5.76. The molecule has 2 rings (SSSR count). The third-order valence-electron chi connectivity index (χ3n) is 4.13. The van der Waals surface area contributed by atoms with Crippen molar-refractivity contribution in [3.8, 4) is 6.07 Å². The minimum absolute atomic E-state index is 0.265. The summed E-state index contributed by atoms with van der Waals surface area (Å²) in [7, 11) is 0. The highest BCUT2D eigenvalue weighted by Crippen LogP contribution is 2.17. The summed E-state index contributed by atoms with van der Waals surface area (Å²) in [6.45, 7) is 6.02. The van der Waals surface area contributed by atoms with Crippen molar-refractivity contribution in [2.75, 3.05) is 25.0 Å². The molecule has 0 unspecified atom stereocenters. The summed E-state index contributed by atoms with van der Waals surface area (Å²) in [5.41, 5.74) is 2.19. The topological polar surface area (TPSA) is 81.9 Å². The molecule has 22 heavy (non-hydrogen) atoms. The van der Waals surface area contributed by atoms with E-state index in [2.05, 4.69) is 21.6 Å². The van der Waals surface area contributed by atoms with Gasteiger partial charge in [0.2, 0.25) is 5.91 Å². The molecule has 6 nitrogen and oxygen atoms in total. The molecule has 1 amide bonds. The Morgan fingerprint density at radius 3 is 2.86 bits per heavy atom. The van der Waals surface area contributed by atoms with Gasteiger partial charge in [-0.2, -0.15) is 10.4 Å². The van der Waals surface area contributed by atoms with Crippen molar-refractivity contribution in [1.82, 2.24) is 15.1 Å². The van der Waals surface area contributed by atoms with E-state index in [0.29, 0.717) is 24.3 Å². The second kappa shape index (κ2) is 7.74. The van der Waals surface area contributed by atoms with Crippen LogP contribution in [0.1, 0.15) is 48.9 Å². The number of rotatable bonds is 5. The highest BCUT2D eigenvalue weighted by Gasteiger charge is 2.16. The van der Waals surface area contributed by atoms with Gasteiger partial charge >= 0.3 is 0 Å². The third-order valence-corrected chi connectivity index (χ3v) is 4.13. The fourth-order valence-corrected chi connectivity index (χ4v) is 2.62. The molecule has 0 spiro atoms. The van der Waals surface area contributed by atoms with Gasteiger partial charge in [0.05, 0.1) is 5.69 Å². The van der Waals surface area contributed by atoms with Crippen molar-refractivity contribution >= 4 is 11.7 Å². The minimum atomic E-state index is 0.265. The van der Waals surface area contributed by atoms with Crippen molar-refractivity contribution < 1.29 is 4.79 Å². The quantitative estimate of drug-likeness (QED) is 0.843. The first-order chi connectivity index (χ1) is 10.6. The molecule has 1 N–H and O–H groups in total. The van der Waals surface area contributed by atoms with Gasteiger partial charge in [0, 0.05) is 26.1 Å². The first-order valence-corrected chi connectivity index (χ1v) is 7.89. The van der Waals surface area contributed by atoms with E-state index in [1.807, 2.05) is 18.7 Å². The number of aryl methyl sites for hydroxylation is 1. The summed E-state index contributed by atoms with van der Waals surface area (Å²) < 4.78 is 0. The van der Waals surface area contributed by atoms with Crippen LogP contribution in [0.3, 0.4) is 0 Å². The van der Waals surface area contributed by atoms with Gasteiger partial charge in [-0.05, 0) is 38.7 Å². The largest absolute Gasteiger partial charge is 0.367 e. The molecule has 1 aliphatic rings. The van der Waals surface area contributed by atoms with Crippen LogP contribution >= 0.6 is 0 Å². The van der Waals surface area contributed by atoms with Gasteiger partial charge in [0.1, 0.15) is 11.6 Å². The maximum Gasteiger partial charge on any atom is 0.222 e. The number of hydrogen-bond donors (Lipinski definition) is 1. The maximum atomic E-state index is 11.9. The summed E-state index contributed by atoms with van der Waals surface area (Å²) in [6.07, 6.45) is 4.77. The zero-order valence-corrected chi connectivity index (χ0v) is 13.4. The molecule has 6 heteroatoms. The first-order valence-electron chi connectivity index (χ1n) is 7.89. The third kappa shape index (κ3) is 3.94. The number of carbonyl (C=O) groups is 1. The van der Waals surface area contributed by atoms with Gasteiger partial charge in [-0.3, -0.25) is 4.79 Å². The van der Waals surface area contributed by atoms with E-state index in [-0.39, 0.29) is 5.91 Å². The Morgan fingerprint density at radius 2 is 2.09 bits per heavy atom. The summed E-state index contributed by atoms with van der Waals surface area (Å²) in [6, 6.07) is 2.18. The second-order valence-electron chi connectivity index (χ2n) is 5.72. The molecule has 2 heterocycles. The lowest BCUT2D eigenvalue weighted by Gasteiger charge is -2.20. The number of aromatic nitrogens is 2. The van der Waals surface area contributed by atoms with E-state index in [1.54, 1.807) is 0 Å². The molecular weight excluding hydrogens is 278 g/mol. The molecular formula is C16H23N5O. The standard InChI is InChI=1S/C16H23N5O/c1-12-13(2)19-20-16(14(12)11-17)18-8-6-10-21-9-5-3-4-7-15(21)22/h3-10H2,1-2H3,(H,18,20). The van der Waals surface area contributed by atoms with E-state index in [9.17, 15) is 10.1 Å². The van der Waals surface area contributed by atoms with Crippen molar-refractivity contribution in [3.05, 3.63) is 16.8 Å². The van der Waals surface area contributed by atoms with Gasteiger partial charge in [0.15, 0.2) is 5.82 Å². The van der Waals surface area contributed by atoms with Crippen molar-refractivity contribution in [1.29, 1.82) is 5.26 Å². The van der Waals surface area contributed by atoms with Crippen LogP contribution in [-0.2, 0) is 4.79 Å². The maximum absolute atomic E-state index is 11.9. The molecule has 1 saturated heterocycles. The lowest BCUT2D eigenvalue weighted by molar-refractivity contribution is -0.130. The minimum Gasteiger partial charge on any atom is -0.367 e. The Kier molecular flexibility index (Phi) is 5.70. The Labute approximate surface area is 131 Å². The average molecular weight is 301 g/mol. The Hall–Kier alpha value is -2.16. The van der Waals surface area contributed by atoms with E-state index in [0.717, 1.165) is 50.0 Å². The summed E-state index contributed by atoms with van der Waals surface area (Å²) in [5, 5.41) is 20.5. The molecule has 0 aliphatic carbocycles. The second-order valence-corrected chi connectivity index (χ2v) is 5.72. The van der Waals surface area contributed by atoms with E-state index >= 15 is 0 Å². The average Bonchev–Trinajstić information content (AvgIpc) is 2.72. The zero-order chi connectivity index (χ0) is 15.9. The predicted molar refractivity (Wildman–Crippen MR) is 84.4 cm³/mol. The summed E-state index contributed by atoms with van der Waals surface area (Å²) in [4.78, 5) is 13.9. The monoisotopic (exact) mass is 301 g/mol. The molecule has 0 aromatic carbocycles. The number of nitriles is 1. The molecule has 1 aliphatic heterocycles. The number of likely N-dealkylation sites (tertiary alicyclic amines) is 1. The Morgan fingerprint density at radius 1 is 1.27 bits per heavy atom. The number of anilines is 1. The van der Waals surface area contributed by atoms with E-state index in [4.69, 9.17) is 0 Å². The van der Waals surface area contributed by atoms with Crippen molar-refractivity contribution in [2.45, 2.75) is 46.0 Å².